The summed E-state index contributed by atoms with van der Waals surface area (Å²) in [6.45, 7) is 0.520. The lowest BCUT2D eigenvalue weighted by atomic mass is 10.2. The maximum atomic E-state index is 11.8. The van der Waals surface area contributed by atoms with Gasteiger partial charge in [0.2, 0.25) is 5.91 Å². The number of hydrogen-bond acceptors (Lipinski definition) is 4. The third-order valence-electron chi connectivity index (χ3n) is 3.06. The van der Waals surface area contributed by atoms with Gasteiger partial charge in [0.25, 0.3) is 5.69 Å². The zero-order chi connectivity index (χ0) is 17.4. The molecule has 2 N–H and O–H groups in total. The highest BCUT2D eigenvalue weighted by molar-refractivity contribution is 7.80. The molecule has 2 aromatic carbocycles. The highest BCUT2D eigenvalue weighted by Crippen LogP contribution is 2.12. The predicted octanol–water partition coefficient (Wildman–Crippen LogP) is 2.80. The Morgan fingerprint density at radius 2 is 1.79 bits per heavy atom. The molecule has 0 bridgehead atoms. The Morgan fingerprint density at radius 3 is 2.42 bits per heavy atom. The number of rotatable bonds is 5. The van der Waals surface area contributed by atoms with Gasteiger partial charge in [-0.3, -0.25) is 20.2 Å². The molecule has 2 aromatic rings. The fourth-order valence-corrected chi connectivity index (χ4v) is 2.03. The molecule has 1 amide bonds. The van der Waals surface area contributed by atoms with Gasteiger partial charge in [-0.15, -0.1) is 0 Å². The number of carbonyl (C=O) groups excluding carboxylic acids is 1. The van der Waals surface area contributed by atoms with Gasteiger partial charge in [0.05, 0.1) is 4.92 Å². The van der Waals surface area contributed by atoms with Crippen molar-refractivity contribution in [3.05, 3.63) is 81.9 Å². The van der Waals surface area contributed by atoms with Crippen molar-refractivity contribution in [2.45, 2.75) is 6.54 Å². The minimum Gasteiger partial charge on any atom is -0.358 e. The molecule has 0 saturated heterocycles. The van der Waals surface area contributed by atoms with E-state index in [4.69, 9.17) is 12.2 Å². The number of nitro benzene ring substituents is 1. The molecule has 2 rings (SSSR count). The maximum Gasteiger partial charge on any atom is 0.269 e. The highest BCUT2D eigenvalue weighted by Gasteiger charge is 2.03. The lowest BCUT2D eigenvalue weighted by Gasteiger charge is -2.07. The first-order valence-electron chi connectivity index (χ1n) is 7.10. The van der Waals surface area contributed by atoms with Crippen molar-refractivity contribution in [3.63, 3.8) is 0 Å². The Morgan fingerprint density at radius 1 is 1.12 bits per heavy atom. The molecular formula is C17H15N3O3S. The van der Waals surface area contributed by atoms with E-state index in [-0.39, 0.29) is 16.7 Å². The maximum absolute atomic E-state index is 11.8. The number of thiocarbonyl (C=S) groups is 1. The number of nitrogens with one attached hydrogen (secondary N) is 2. The number of nitrogens with zero attached hydrogens (tertiary/aromatic N) is 1. The second kappa shape index (κ2) is 8.54. The van der Waals surface area contributed by atoms with Crippen molar-refractivity contribution in [1.82, 2.24) is 10.6 Å². The number of carbonyl (C=O) groups is 1. The van der Waals surface area contributed by atoms with Crippen molar-refractivity contribution < 1.29 is 9.72 Å². The van der Waals surface area contributed by atoms with Crippen LogP contribution in [0.1, 0.15) is 11.1 Å². The Hall–Kier alpha value is -3.06. The molecule has 122 valence electrons. The second-order valence-electron chi connectivity index (χ2n) is 4.84. The van der Waals surface area contributed by atoms with E-state index < -0.39 is 4.92 Å². The summed E-state index contributed by atoms with van der Waals surface area (Å²) < 4.78 is 0. The number of nitro groups is 1. The van der Waals surface area contributed by atoms with Crippen molar-refractivity contribution in [2.24, 2.45) is 0 Å². The first-order chi connectivity index (χ1) is 11.5. The standard InChI is InChI=1S/C17H15N3O3S/c21-16(11-8-13-6-9-15(10-7-13)20(22)23)19-17(24)18-12-14-4-2-1-3-5-14/h1-11H,12H2,(H2,18,19,21,24)/b11-8+. The van der Waals surface area contributed by atoms with Gasteiger partial charge in [-0.2, -0.15) is 0 Å². The molecule has 7 heteroatoms. The van der Waals surface area contributed by atoms with Gasteiger partial charge >= 0.3 is 0 Å². The normalized spacial score (nSPS) is 10.3. The topological polar surface area (TPSA) is 84.3 Å². The van der Waals surface area contributed by atoms with E-state index in [0.717, 1.165) is 5.56 Å². The Kier molecular flexibility index (Phi) is 6.16. The molecule has 0 aliphatic carbocycles. The van der Waals surface area contributed by atoms with Crippen molar-refractivity contribution >= 4 is 35.0 Å². The van der Waals surface area contributed by atoms with E-state index in [1.807, 2.05) is 30.3 Å². The number of non-ortho nitro benzene ring substituents is 1. The molecule has 0 aliphatic rings. The van der Waals surface area contributed by atoms with Crippen LogP contribution in [-0.4, -0.2) is 15.9 Å². The third-order valence-corrected chi connectivity index (χ3v) is 3.31. The van der Waals surface area contributed by atoms with Crippen LogP contribution in [0.3, 0.4) is 0 Å². The van der Waals surface area contributed by atoms with E-state index in [1.165, 1.54) is 18.2 Å². The largest absolute Gasteiger partial charge is 0.358 e. The molecule has 0 spiro atoms. The van der Waals surface area contributed by atoms with Crippen LogP contribution in [0.15, 0.2) is 60.7 Å². The van der Waals surface area contributed by atoms with Crippen LogP contribution < -0.4 is 10.6 Å². The van der Waals surface area contributed by atoms with Gasteiger partial charge in [-0.1, -0.05) is 30.3 Å². The van der Waals surface area contributed by atoms with Crippen LogP contribution in [-0.2, 0) is 11.3 Å². The summed E-state index contributed by atoms with van der Waals surface area (Å²) in [7, 11) is 0. The van der Waals surface area contributed by atoms with Crippen LogP contribution in [0, 0.1) is 10.1 Å². The average Bonchev–Trinajstić information content (AvgIpc) is 2.59. The fraction of sp³-hybridized carbons (Fsp3) is 0.0588. The Labute approximate surface area is 144 Å². The molecule has 0 unspecified atom stereocenters. The van der Waals surface area contributed by atoms with Crippen molar-refractivity contribution in [3.8, 4) is 0 Å². The Balaban J connectivity index is 1.81. The number of hydrogen-bond donors (Lipinski definition) is 2. The van der Waals surface area contributed by atoms with Gasteiger partial charge < -0.3 is 5.32 Å². The van der Waals surface area contributed by atoms with Gasteiger partial charge in [0, 0.05) is 24.8 Å². The monoisotopic (exact) mass is 341 g/mol. The number of benzene rings is 2. The second-order valence-corrected chi connectivity index (χ2v) is 5.25. The lowest BCUT2D eigenvalue weighted by Crippen LogP contribution is -2.37. The third kappa shape index (κ3) is 5.62. The first-order valence-corrected chi connectivity index (χ1v) is 7.51. The van der Waals surface area contributed by atoms with Gasteiger partial charge in [-0.05, 0) is 41.6 Å². The molecule has 0 fully saturated rings. The van der Waals surface area contributed by atoms with Crippen LogP contribution in [0.2, 0.25) is 0 Å². The molecule has 0 atom stereocenters. The minimum atomic E-state index is -0.475. The molecule has 6 nitrogen and oxygen atoms in total. The van der Waals surface area contributed by atoms with E-state index >= 15 is 0 Å². The van der Waals surface area contributed by atoms with E-state index in [9.17, 15) is 14.9 Å². The smallest absolute Gasteiger partial charge is 0.269 e. The molecule has 0 saturated carbocycles. The van der Waals surface area contributed by atoms with E-state index in [0.29, 0.717) is 12.1 Å². The van der Waals surface area contributed by atoms with Gasteiger partial charge in [0.1, 0.15) is 0 Å². The molecule has 0 aliphatic heterocycles. The van der Waals surface area contributed by atoms with Gasteiger partial charge in [-0.25, -0.2) is 0 Å². The lowest BCUT2D eigenvalue weighted by molar-refractivity contribution is -0.384. The molecular weight excluding hydrogens is 326 g/mol. The van der Waals surface area contributed by atoms with Gasteiger partial charge in [0.15, 0.2) is 5.11 Å². The summed E-state index contributed by atoms with van der Waals surface area (Å²) in [4.78, 5) is 21.9. The van der Waals surface area contributed by atoms with Crippen LogP contribution in [0.5, 0.6) is 0 Å². The van der Waals surface area contributed by atoms with E-state index in [2.05, 4.69) is 10.6 Å². The van der Waals surface area contributed by atoms with Crippen LogP contribution >= 0.6 is 12.2 Å². The quantitative estimate of drug-likeness (QED) is 0.378. The summed E-state index contributed by atoms with van der Waals surface area (Å²) in [6, 6.07) is 15.6. The number of amides is 1. The first kappa shape index (κ1) is 17.3. The van der Waals surface area contributed by atoms with Crippen LogP contribution in [0.4, 0.5) is 5.69 Å². The molecule has 24 heavy (non-hydrogen) atoms. The van der Waals surface area contributed by atoms with E-state index in [1.54, 1.807) is 18.2 Å². The average molecular weight is 341 g/mol. The summed E-state index contributed by atoms with van der Waals surface area (Å²) >= 11 is 5.05. The summed E-state index contributed by atoms with van der Waals surface area (Å²) in [6.07, 6.45) is 2.87. The van der Waals surface area contributed by atoms with Crippen molar-refractivity contribution in [2.75, 3.05) is 0 Å². The van der Waals surface area contributed by atoms with Crippen molar-refractivity contribution in [1.29, 1.82) is 0 Å². The highest BCUT2D eigenvalue weighted by atomic mass is 32.1. The minimum absolute atomic E-state index is 0.00268. The zero-order valence-electron chi connectivity index (χ0n) is 12.6. The fourth-order valence-electron chi connectivity index (χ4n) is 1.86. The molecule has 0 aromatic heterocycles. The summed E-state index contributed by atoms with van der Waals surface area (Å²) in [5.41, 5.74) is 1.73. The zero-order valence-corrected chi connectivity index (χ0v) is 13.5. The summed E-state index contributed by atoms with van der Waals surface area (Å²) in [5.74, 6) is -0.376. The predicted molar refractivity (Wildman–Crippen MR) is 96.2 cm³/mol. The molecule has 0 heterocycles. The SMILES string of the molecule is O=C(/C=C/c1ccc([N+](=O)[O-])cc1)NC(=S)NCc1ccccc1. The Bertz CT molecular complexity index is 758. The summed E-state index contributed by atoms with van der Waals surface area (Å²) in [5, 5.41) is 16.3. The van der Waals surface area contributed by atoms with Crippen LogP contribution in [0.25, 0.3) is 6.08 Å². The molecule has 0 radical (unpaired) electrons.